The van der Waals surface area contributed by atoms with Gasteiger partial charge in [0.15, 0.2) is 23.2 Å². The predicted molar refractivity (Wildman–Crippen MR) is 90.1 cm³/mol. The first-order valence-electron chi connectivity index (χ1n) is 7.99. The highest BCUT2D eigenvalue weighted by molar-refractivity contribution is 5.89. The van der Waals surface area contributed by atoms with Gasteiger partial charge >= 0.3 is 0 Å². The maximum Gasteiger partial charge on any atom is 0.250 e. The van der Waals surface area contributed by atoms with Crippen LogP contribution in [0.25, 0.3) is 22.4 Å². The molecule has 11 nitrogen and oxygen atoms in total. The molecule has 0 amide bonds. The van der Waals surface area contributed by atoms with E-state index in [1.807, 2.05) is 30.3 Å². The van der Waals surface area contributed by atoms with Gasteiger partial charge in [-0.3, -0.25) is 10.1 Å². The van der Waals surface area contributed by atoms with Gasteiger partial charge in [-0.05, 0) is 12.1 Å². The van der Waals surface area contributed by atoms with E-state index in [0.29, 0.717) is 17.1 Å². The molecular formula is C15H13N9O2. The lowest BCUT2D eigenvalue weighted by atomic mass is 10.1. The van der Waals surface area contributed by atoms with Crippen LogP contribution in [0, 0.1) is 10.1 Å². The first-order valence-corrected chi connectivity index (χ1v) is 7.99. The second kappa shape index (κ2) is 5.54. The molecule has 2 N–H and O–H groups in total. The Hall–Kier alpha value is -3.44. The van der Waals surface area contributed by atoms with E-state index >= 15 is 0 Å². The molecule has 0 bridgehead atoms. The van der Waals surface area contributed by atoms with Crippen LogP contribution in [-0.2, 0) is 0 Å². The Bertz CT molecular complexity index is 1120. The molecule has 1 saturated heterocycles. The molecule has 11 heteroatoms. The number of hydrazine groups is 1. The number of benzene rings is 1. The average molecular weight is 351 g/mol. The van der Waals surface area contributed by atoms with Crippen molar-refractivity contribution in [3.05, 3.63) is 58.8 Å². The Morgan fingerprint density at radius 3 is 2.88 bits per heavy atom. The molecule has 1 fully saturated rings. The Morgan fingerprint density at radius 2 is 2.08 bits per heavy atom. The van der Waals surface area contributed by atoms with E-state index in [1.54, 1.807) is 17.2 Å². The first-order chi connectivity index (χ1) is 12.7. The van der Waals surface area contributed by atoms with E-state index in [9.17, 15) is 10.1 Å². The number of nitrogens with zero attached hydrogens (tertiary/aromatic N) is 7. The number of rotatable bonds is 3. The summed E-state index contributed by atoms with van der Waals surface area (Å²) in [6.07, 6.45) is 3.22. The lowest BCUT2D eigenvalue weighted by Crippen LogP contribution is -2.30. The van der Waals surface area contributed by atoms with Crippen molar-refractivity contribution < 1.29 is 4.92 Å². The lowest BCUT2D eigenvalue weighted by Gasteiger charge is -2.07. The Kier molecular flexibility index (Phi) is 3.17. The van der Waals surface area contributed by atoms with Crippen LogP contribution in [0.3, 0.4) is 0 Å². The van der Waals surface area contributed by atoms with Gasteiger partial charge in [-0.25, -0.2) is 30.0 Å². The zero-order valence-electron chi connectivity index (χ0n) is 13.4. The minimum absolute atomic E-state index is 0.215. The maximum absolute atomic E-state index is 11.2. The van der Waals surface area contributed by atoms with Crippen LogP contribution in [0.15, 0.2) is 42.9 Å². The fourth-order valence-corrected chi connectivity index (χ4v) is 3.15. The van der Waals surface area contributed by atoms with Crippen LogP contribution < -0.4 is 10.9 Å². The summed E-state index contributed by atoms with van der Waals surface area (Å²) < 4.78 is 3.24. The summed E-state index contributed by atoms with van der Waals surface area (Å²) >= 11 is 0. The smallest absolute Gasteiger partial charge is 0.250 e. The van der Waals surface area contributed by atoms with Gasteiger partial charge in [0.2, 0.25) is 6.04 Å². The Labute approximate surface area is 145 Å². The molecule has 26 heavy (non-hydrogen) atoms. The SMILES string of the molecule is O=[N+]([O-])C1CNNC1c1nc2c3cnn(-c4ccccc4)c3ncn2n1. The summed E-state index contributed by atoms with van der Waals surface area (Å²) in [6, 6.07) is 8.21. The van der Waals surface area contributed by atoms with Gasteiger partial charge in [-0.1, -0.05) is 18.2 Å². The summed E-state index contributed by atoms with van der Waals surface area (Å²) in [6.45, 7) is 0.215. The van der Waals surface area contributed by atoms with Crippen molar-refractivity contribution in [1.29, 1.82) is 0 Å². The van der Waals surface area contributed by atoms with E-state index in [1.165, 1.54) is 4.52 Å². The van der Waals surface area contributed by atoms with Crippen LogP contribution in [0.5, 0.6) is 0 Å². The first kappa shape index (κ1) is 14.9. The van der Waals surface area contributed by atoms with Crippen molar-refractivity contribution in [1.82, 2.24) is 40.2 Å². The van der Waals surface area contributed by atoms with Crippen molar-refractivity contribution >= 4 is 16.7 Å². The molecule has 2 atom stereocenters. The highest BCUT2D eigenvalue weighted by Crippen LogP contribution is 2.23. The van der Waals surface area contributed by atoms with Crippen molar-refractivity contribution in [2.24, 2.45) is 0 Å². The highest BCUT2D eigenvalue weighted by Gasteiger charge is 2.40. The molecule has 5 rings (SSSR count). The standard InChI is InChI=1S/C15H13N9O2/c25-24(26)11-7-17-20-12(11)13-19-15-10-6-18-23(9-4-2-1-3-5-9)14(10)16-8-22(15)21-13/h1-6,8,11-12,17,20H,7H2. The third kappa shape index (κ3) is 2.14. The molecular weight excluding hydrogens is 338 g/mol. The fourth-order valence-electron chi connectivity index (χ4n) is 3.15. The van der Waals surface area contributed by atoms with E-state index in [-0.39, 0.29) is 11.5 Å². The van der Waals surface area contributed by atoms with Crippen molar-refractivity contribution in [3.8, 4) is 5.69 Å². The van der Waals surface area contributed by atoms with E-state index in [2.05, 4.69) is 31.0 Å². The summed E-state index contributed by atoms with van der Waals surface area (Å²) in [5.41, 5.74) is 7.76. The molecule has 0 aliphatic carbocycles. The largest absolute Gasteiger partial charge is 0.264 e. The van der Waals surface area contributed by atoms with Gasteiger partial charge in [0.25, 0.3) is 0 Å². The quantitative estimate of drug-likeness (QED) is 0.397. The number of fused-ring (bicyclic) bond motifs is 3. The van der Waals surface area contributed by atoms with Gasteiger partial charge in [0, 0.05) is 4.92 Å². The van der Waals surface area contributed by atoms with Gasteiger partial charge in [-0.2, -0.15) is 5.10 Å². The summed E-state index contributed by atoms with van der Waals surface area (Å²) in [5, 5.41) is 20.7. The van der Waals surface area contributed by atoms with Crippen molar-refractivity contribution in [3.63, 3.8) is 0 Å². The number of hydrogen-bond donors (Lipinski definition) is 2. The van der Waals surface area contributed by atoms with Gasteiger partial charge in [0.05, 0.1) is 23.8 Å². The van der Waals surface area contributed by atoms with E-state index < -0.39 is 12.1 Å². The third-order valence-corrected chi connectivity index (χ3v) is 4.43. The fraction of sp³-hybridized carbons (Fsp3) is 0.200. The third-order valence-electron chi connectivity index (χ3n) is 4.43. The highest BCUT2D eigenvalue weighted by atomic mass is 16.6. The van der Waals surface area contributed by atoms with Crippen LogP contribution >= 0.6 is 0 Å². The topological polar surface area (TPSA) is 128 Å². The normalized spacial score (nSPS) is 20.2. The lowest BCUT2D eigenvalue weighted by molar-refractivity contribution is -0.521. The molecule has 4 aromatic rings. The molecule has 1 aromatic carbocycles. The van der Waals surface area contributed by atoms with Gasteiger partial charge in [0.1, 0.15) is 6.33 Å². The number of nitro groups is 1. The molecule has 0 saturated carbocycles. The molecule has 4 heterocycles. The molecule has 0 radical (unpaired) electrons. The van der Waals surface area contributed by atoms with Crippen molar-refractivity contribution in [2.45, 2.75) is 12.1 Å². The molecule has 130 valence electrons. The molecule has 1 aliphatic heterocycles. The zero-order chi connectivity index (χ0) is 17.7. The molecule has 2 unspecified atom stereocenters. The Morgan fingerprint density at radius 1 is 1.23 bits per heavy atom. The summed E-state index contributed by atoms with van der Waals surface area (Å²) in [7, 11) is 0. The van der Waals surface area contributed by atoms with Crippen LogP contribution in [0.2, 0.25) is 0 Å². The van der Waals surface area contributed by atoms with E-state index in [0.717, 1.165) is 11.1 Å². The van der Waals surface area contributed by atoms with Crippen molar-refractivity contribution in [2.75, 3.05) is 6.54 Å². The molecule has 3 aromatic heterocycles. The minimum atomic E-state index is -0.831. The summed E-state index contributed by atoms with van der Waals surface area (Å²) in [5.74, 6) is 0.346. The Balaban J connectivity index is 1.64. The zero-order valence-corrected chi connectivity index (χ0v) is 13.4. The number of nitrogens with one attached hydrogen (secondary N) is 2. The summed E-state index contributed by atoms with van der Waals surface area (Å²) in [4.78, 5) is 19.8. The predicted octanol–water partition coefficient (Wildman–Crippen LogP) is 0.257. The molecule has 1 aliphatic rings. The van der Waals surface area contributed by atoms with E-state index in [4.69, 9.17) is 0 Å². The number of aromatic nitrogens is 6. The maximum atomic E-state index is 11.2. The number of hydrogen-bond acceptors (Lipinski definition) is 8. The van der Waals surface area contributed by atoms with Crippen LogP contribution in [0.4, 0.5) is 0 Å². The minimum Gasteiger partial charge on any atom is -0.264 e. The molecule has 0 spiro atoms. The van der Waals surface area contributed by atoms with Crippen LogP contribution in [0.1, 0.15) is 11.9 Å². The second-order valence-corrected chi connectivity index (χ2v) is 5.97. The number of para-hydroxylation sites is 1. The van der Waals surface area contributed by atoms with Gasteiger partial charge in [-0.15, -0.1) is 5.10 Å². The van der Waals surface area contributed by atoms with Gasteiger partial charge < -0.3 is 0 Å². The monoisotopic (exact) mass is 351 g/mol. The second-order valence-electron chi connectivity index (χ2n) is 5.97. The average Bonchev–Trinajstić information content (AvgIpc) is 3.38. The van der Waals surface area contributed by atoms with Crippen LogP contribution in [-0.4, -0.2) is 46.9 Å².